The molecule has 106 valence electrons. The van der Waals surface area contributed by atoms with Crippen molar-refractivity contribution < 1.29 is 14.8 Å². The molecular formula is C15H12N2O4. The Hall–Kier alpha value is -3.15. The van der Waals surface area contributed by atoms with Gasteiger partial charge in [-0.05, 0) is 35.9 Å². The van der Waals surface area contributed by atoms with Crippen LogP contribution in [-0.4, -0.2) is 15.9 Å². The summed E-state index contributed by atoms with van der Waals surface area (Å²) in [7, 11) is 0. The van der Waals surface area contributed by atoms with Gasteiger partial charge in [0.25, 0.3) is 5.69 Å². The van der Waals surface area contributed by atoms with Crippen LogP contribution in [0.25, 0.3) is 6.08 Å². The average Bonchev–Trinajstić information content (AvgIpc) is 2.47. The van der Waals surface area contributed by atoms with Crippen LogP contribution in [0.3, 0.4) is 0 Å². The number of carbonyl (C=O) groups is 1. The maximum Gasteiger partial charge on any atom is 0.269 e. The lowest BCUT2D eigenvalue weighted by Crippen LogP contribution is -2.07. The number of carbonyl (C=O) groups excluding carboxylic acids is 1. The number of amides is 1. The van der Waals surface area contributed by atoms with Gasteiger partial charge in [0.2, 0.25) is 5.91 Å². The molecule has 0 atom stereocenters. The quantitative estimate of drug-likeness (QED) is 0.513. The normalized spacial score (nSPS) is 10.5. The third kappa shape index (κ3) is 4.17. The summed E-state index contributed by atoms with van der Waals surface area (Å²) < 4.78 is 0. The fourth-order valence-corrected chi connectivity index (χ4v) is 1.61. The second-order valence-electron chi connectivity index (χ2n) is 4.22. The molecular weight excluding hydrogens is 272 g/mol. The first-order chi connectivity index (χ1) is 10.0. The summed E-state index contributed by atoms with van der Waals surface area (Å²) >= 11 is 0. The number of hydrogen-bond acceptors (Lipinski definition) is 4. The molecule has 0 aliphatic rings. The van der Waals surface area contributed by atoms with Gasteiger partial charge in [0, 0.05) is 23.9 Å². The average molecular weight is 284 g/mol. The highest BCUT2D eigenvalue weighted by Crippen LogP contribution is 2.15. The number of nitro benzene ring substituents is 1. The highest BCUT2D eigenvalue weighted by Gasteiger charge is 2.04. The van der Waals surface area contributed by atoms with Gasteiger partial charge in [-0.1, -0.05) is 12.1 Å². The fourth-order valence-electron chi connectivity index (χ4n) is 1.61. The van der Waals surface area contributed by atoms with E-state index in [2.05, 4.69) is 5.32 Å². The predicted molar refractivity (Wildman–Crippen MR) is 78.9 cm³/mol. The fraction of sp³-hybridized carbons (Fsp3) is 0. The lowest BCUT2D eigenvalue weighted by molar-refractivity contribution is -0.384. The minimum atomic E-state index is -0.504. The van der Waals surface area contributed by atoms with Gasteiger partial charge in [0.15, 0.2) is 0 Å². The molecule has 0 spiro atoms. The number of aromatic hydroxyl groups is 1. The van der Waals surface area contributed by atoms with E-state index in [4.69, 9.17) is 5.11 Å². The molecule has 2 N–H and O–H groups in total. The van der Waals surface area contributed by atoms with Gasteiger partial charge in [-0.3, -0.25) is 14.9 Å². The van der Waals surface area contributed by atoms with Crippen LogP contribution in [0.1, 0.15) is 5.56 Å². The largest absolute Gasteiger partial charge is 0.508 e. The molecule has 2 aromatic rings. The van der Waals surface area contributed by atoms with E-state index in [0.717, 1.165) is 5.56 Å². The number of phenolic OH excluding ortho intramolecular Hbond substituents is 1. The van der Waals surface area contributed by atoms with Crippen molar-refractivity contribution in [3.05, 3.63) is 70.3 Å². The van der Waals surface area contributed by atoms with Crippen molar-refractivity contribution in [1.82, 2.24) is 0 Å². The maximum absolute atomic E-state index is 11.7. The number of hydrogen-bond donors (Lipinski definition) is 2. The topological polar surface area (TPSA) is 92.5 Å². The number of nitrogens with zero attached hydrogens (tertiary/aromatic N) is 1. The minimum Gasteiger partial charge on any atom is -0.508 e. The Morgan fingerprint density at radius 2 is 1.71 bits per heavy atom. The smallest absolute Gasteiger partial charge is 0.269 e. The predicted octanol–water partition coefficient (Wildman–Crippen LogP) is 2.95. The monoisotopic (exact) mass is 284 g/mol. The summed E-state index contributed by atoms with van der Waals surface area (Å²) in [6.07, 6.45) is 2.94. The molecule has 0 aromatic heterocycles. The zero-order chi connectivity index (χ0) is 15.2. The van der Waals surface area contributed by atoms with Crippen LogP contribution in [-0.2, 0) is 4.79 Å². The Bertz CT molecular complexity index is 676. The van der Waals surface area contributed by atoms with Crippen molar-refractivity contribution in [2.75, 3.05) is 5.32 Å². The number of nitrogens with one attached hydrogen (secondary N) is 1. The Balaban J connectivity index is 1.98. The Kier molecular flexibility index (Phi) is 4.30. The number of rotatable bonds is 4. The van der Waals surface area contributed by atoms with Crippen molar-refractivity contribution in [3.63, 3.8) is 0 Å². The molecule has 0 aliphatic carbocycles. The van der Waals surface area contributed by atoms with Crippen molar-refractivity contribution >= 4 is 23.4 Å². The Labute approximate surface area is 120 Å². The molecule has 0 radical (unpaired) electrons. The molecule has 0 saturated carbocycles. The molecule has 0 aliphatic heterocycles. The van der Waals surface area contributed by atoms with E-state index in [1.165, 1.54) is 42.5 Å². The minimum absolute atomic E-state index is 0.0346. The van der Waals surface area contributed by atoms with E-state index in [0.29, 0.717) is 5.69 Å². The maximum atomic E-state index is 11.7. The van der Waals surface area contributed by atoms with Crippen LogP contribution in [0.5, 0.6) is 5.75 Å². The van der Waals surface area contributed by atoms with E-state index in [9.17, 15) is 14.9 Å². The SMILES string of the molecule is O=C(/C=C/c1ccc(O)cc1)Nc1ccc([N+](=O)[O-])cc1. The van der Waals surface area contributed by atoms with Crippen LogP contribution in [0.2, 0.25) is 0 Å². The second-order valence-corrected chi connectivity index (χ2v) is 4.22. The Morgan fingerprint density at radius 3 is 2.29 bits per heavy atom. The second kappa shape index (κ2) is 6.33. The molecule has 21 heavy (non-hydrogen) atoms. The first-order valence-corrected chi connectivity index (χ1v) is 6.07. The number of phenols is 1. The summed E-state index contributed by atoms with van der Waals surface area (Å²) in [6.45, 7) is 0. The number of non-ortho nitro benzene ring substituents is 1. The van der Waals surface area contributed by atoms with E-state index in [1.807, 2.05) is 0 Å². The van der Waals surface area contributed by atoms with Gasteiger partial charge >= 0.3 is 0 Å². The van der Waals surface area contributed by atoms with Gasteiger partial charge in [-0.2, -0.15) is 0 Å². The summed E-state index contributed by atoms with van der Waals surface area (Å²) in [5.74, 6) is -0.195. The third-order valence-electron chi connectivity index (χ3n) is 2.67. The van der Waals surface area contributed by atoms with Crippen molar-refractivity contribution in [2.24, 2.45) is 0 Å². The van der Waals surface area contributed by atoms with Gasteiger partial charge in [-0.15, -0.1) is 0 Å². The first-order valence-electron chi connectivity index (χ1n) is 6.07. The molecule has 6 nitrogen and oxygen atoms in total. The first kappa shape index (κ1) is 14.3. The molecule has 6 heteroatoms. The van der Waals surface area contributed by atoms with E-state index in [-0.39, 0.29) is 17.3 Å². The molecule has 2 rings (SSSR count). The van der Waals surface area contributed by atoms with Crippen molar-refractivity contribution in [3.8, 4) is 5.75 Å². The molecule has 1 amide bonds. The van der Waals surface area contributed by atoms with Crippen LogP contribution < -0.4 is 5.32 Å². The molecule has 0 bridgehead atoms. The van der Waals surface area contributed by atoms with Crippen LogP contribution >= 0.6 is 0 Å². The number of benzene rings is 2. The molecule has 0 fully saturated rings. The van der Waals surface area contributed by atoms with E-state index >= 15 is 0 Å². The summed E-state index contributed by atoms with van der Waals surface area (Å²) in [6, 6.07) is 11.9. The van der Waals surface area contributed by atoms with E-state index < -0.39 is 4.92 Å². The zero-order valence-corrected chi connectivity index (χ0v) is 10.9. The Morgan fingerprint density at radius 1 is 1.10 bits per heavy atom. The molecule has 0 unspecified atom stereocenters. The van der Waals surface area contributed by atoms with E-state index in [1.54, 1.807) is 18.2 Å². The standard InChI is InChI=1S/C15H12N2O4/c18-14-8-1-11(2-9-14)3-10-15(19)16-12-4-6-13(7-5-12)17(20)21/h1-10,18H,(H,16,19)/b10-3+. The van der Waals surface area contributed by atoms with Crippen LogP contribution in [0.15, 0.2) is 54.6 Å². The molecule has 0 heterocycles. The summed E-state index contributed by atoms with van der Waals surface area (Å²) in [5.41, 5.74) is 1.21. The molecule has 2 aromatic carbocycles. The summed E-state index contributed by atoms with van der Waals surface area (Å²) in [4.78, 5) is 21.7. The summed E-state index contributed by atoms with van der Waals surface area (Å²) in [5, 5.41) is 22.2. The highest BCUT2D eigenvalue weighted by molar-refractivity contribution is 6.01. The lowest BCUT2D eigenvalue weighted by Gasteiger charge is -2.01. The number of anilines is 1. The number of nitro groups is 1. The van der Waals surface area contributed by atoms with Crippen molar-refractivity contribution in [2.45, 2.75) is 0 Å². The van der Waals surface area contributed by atoms with Gasteiger partial charge in [0.05, 0.1) is 4.92 Å². The van der Waals surface area contributed by atoms with Crippen LogP contribution in [0, 0.1) is 10.1 Å². The van der Waals surface area contributed by atoms with Crippen LogP contribution in [0.4, 0.5) is 11.4 Å². The molecule has 0 saturated heterocycles. The van der Waals surface area contributed by atoms with Crippen molar-refractivity contribution in [1.29, 1.82) is 0 Å². The third-order valence-corrected chi connectivity index (χ3v) is 2.67. The van der Waals surface area contributed by atoms with Gasteiger partial charge in [0.1, 0.15) is 5.75 Å². The van der Waals surface area contributed by atoms with Gasteiger partial charge in [-0.25, -0.2) is 0 Å². The zero-order valence-electron chi connectivity index (χ0n) is 10.9. The lowest BCUT2D eigenvalue weighted by atomic mass is 10.2. The highest BCUT2D eigenvalue weighted by atomic mass is 16.6. The van der Waals surface area contributed by atoms with Gasteiger partial charge < -0.3 is 10.4 Å².